The molecule has 0 aromatic heterocycles. The van der Waals surface area contributed by atoms with E-state index in [0.717, 1.165) is 24.3 Å². The zero-order valence-corrected chi connectivity index (χ0v) is 11.9. The maximum Gasteiger partial charge on any atom is 0.166 e. The fourth-order valence-electron chi connectivity index (χ4n) is 3.70. The average Bonchev–Trinajstić information content (AvgIpc) is 2.85. The van der Waals surface area contributed by atoms with Gasteiger partial charge in [0.05, 0.1) is 0 Å². The Morgan fingerprint density at radius 1 is 1.16 bits per heavy atom. The van der Waals surface area contributed by atoms with Crippen LogP contribution in [0, 0.1) is 11.8 Å². The highest BCUT2D eigenvalue weighted by Crippen LogP contribution is 2.40. The summed E-state index contributed by atoms with van der Waals surface area (Å²) >= 11 is 0. The van der Waals surface area contributed by atoms with Crippen LogP contribution in [0.5, 0.6) is 0 Å². The molecule has 2 aliphatic carbocycles. The fourth-order valence-corrected chi connectivity index (χ4v) is 3.70. The molecule has 0 N–H and O–H groups in total. The molecular formula is C18H24O. The summed E-state index contributed by atoms with van der Waals surface area (Å²) in [4.78, 5) is 12.8. The lowest BCUT2D eigenvalue weighted by molar-refractivity contribution is 0.0918. The first-order valence-electron chi connectivity index (χ1n) is 7.92. The minimum atomic E-state index is 0.297. The molecule has 2 saturated carbocycles. The Morgan fingerprint density at radius 2 is 1.95 bits per heavy atom. The van der Waals surface area contributed by atoms with Gasteiger partial charge in [-0.3, -0.25) is 4.79 Å². The van der Waals surface area contributed by atoms with Crippen molar-refractivity contribution in [1.29, 1.82) is 0 Å². The van der Waals surface area contributed by atoms with Crippen LogP contribution in [0.1, 0.15) is 73.7 Å². The highest BCUT2D eigenvalue weighted by Gasteiger charge is 2.32. The van der Waals surface area contributed by atoms with E-state index < -0.39 is 0 Å². The van der Waals surface area contributed by atoms with E-state index in [1.807, 2.05) is 6.07 Å². The number of rotatable bonds is 4. The average molecular weight is 256 g/mol. The Morgan fingerprint density at radius 3 is 2.58 bits per heavy atom. The van der Waals surface area contributed by atoms with Gasteiger partial charge in [0.1, 0.15) is 0 Å². The van der Waals surface area contributed by atoms with Crippen LogP contribution in [-0.4, -0.2) is 5.78 Å². The molecule has 1 nitrogen and oxygen atoms in total. The molecule has 1 aromatic carbocycles. The fraction of sp³-hybridized carbons (Fsp3) is 0.611. The molecule has 2 aliphatic rings. The summed E-state index contributed by atoms with van der Waals surface area (Å²) in [5, 5.41) is 0. The lowest BCUT2D eigenvalue weighted by Gasteiger charge is -2.28. The predicted octanol–water partition coefficient (Wildman–Crippen LogP) is 4.96. The van der Waals surface area contributed by atoms with E-state index in [1.54, 1.807) is 0 Å². The first-order chi connectivity index (χ1) is 9.29. The van der Waals surface area contributed by atoms with Crippen LogP contribution in [0.15, 0.2) is 24.3 Å². The number of benzene rings is 1. The van der Waals surface area contributed by atoms with Crippen molar-refractivity contribution in [2.45, 2.75) is 57.8 Å². The van der Waals surface area contributed by atoms with Gasteiger partial charge < -0.3 is 0 Å². The van der Waals surface area contributed by atoms with E-state index in [-0.39, 0.29) is 0 Å². The zero-order valence-electron chi connectivity index (χ0n) is 11.9. The normalized spacial score (nSPS) is 27.2. The number of Topliss-reactive ketones (excluding diaryl/α,β-unsaturated/α-hetero) is 1. The Bertz CT molecular complexity index is 459. The van der Waals surface area contributed by atoms with E-state index >= 15 is 0 Å². The highest BCUT2D eigenvalue weighted by atomic mass is 16.1. The van der Waals surface area contributed by atoms with Gasteiger partial charge in [0, 0.05) is 11.5 Å². The molecule has 3 rings (SSSR count). The standard InChI is InChI=1S/C18H24O/c1-2-13-10-11-15(12-13)18(19)17-9-4-3-8-16(17)14-6-5-7-14/h3-4,8-9,13-15H,2,5-7,10-12H2,1H3. The molecule has 0 aliphatic heterocycles. The molecule has 1 aromatic rings. The molecular weight excluding hydrogens is 232 g/mol. The van der Waals surface area contributed by atoms with Gasteiger partial charge in [-0.15, -0.1) is 0 Å². The summed E-state index contributed by atoms with van der Waals surface area (Å²) < 4.78 is 0. The second-order valence-corrected chi connectivity index (χ2v) is 6.36. The van der Waals surface area contributed by atoms with Gasteiger partial charge in [-0.05, 0) is 49.5 Å². The van der Waals surface area contributed by atoms with Gasteiger partial charge in [0.2, 0.25) is 0 Å². The van der Waals surface area contributed by atoms with Crippen LogP contribution in [-0.2, 0) is 0 Å². The molecule has 0 bridgehead atoms. The van der Waals surface area contributed by atoms with Gasteiger partial charge in [0.25, 0.3) is 0 Å². The Labute approximate surface area is 116 Å². The quantitative estimate of drug-likeness (QED) is 0.696. The lowest BCUT2D eigenvalue weighted by atomic mass is 9.76. The van der Waals surface area contributed by atoms with Crippen LogP contribution in [0.25, 0.3) is 0 Å². The molecule has 19 heavy (non-hydrogen) atoms. The second-order valence-electron chi connectivity index (χ2n) is 6.36. The molecule has 0 saturated heterocycles. The summed E-state index contributed by atoms with van der Waals surface area (Å²) in [6.45, 7) is 2.25. The molecule has 1 heteroatoms. The van der Waals surface area contributed by atoms with Crippen LogP contribution >= 0.6 is 0 Å². The van der Waals surface area contributed by atoms with Crippen LogP contribution < -0.4 is 0 Å². The maximum atomic E-state index is 12.8. The minimum absolute atomic E-state index is 0.297. The van der Waals surface area contributed by atoms with Gasteiger partial charge in [-0.1, -0.05) is 44.0 Å². The first-order valence-corrected chi connectivity index (χ1v) is 7.92. The minimum Gasteiger partial charge on any atom is -0.294 e. The number of hydrogen-bond acceptors (Lipinski definition) is 1. The van der Waals surface area contributed by atoms with Gasteiger partial charge in [-0.2, -0.15) is 0 Å². The number of carbonyl (C=O) groups excluding carboxylic acids is 1. The molecule has 0 spiro atoms. The Hall–Kier alpha value is -1.11. The molecule has 2 unspecified atom stereocenters. The molecule has 102 valence electrons. The summed E-state index contributed by atoms with van der Waals surface area (Å²) in [6.07, 6.45) is 8.57. The SMILES string of the molecule is CCC1CCC(C(=O)c2ccccc2C2CCC2)C1. The monoisotopic (exact) mass is 256 g/mol. The summed E-state index contributed by atoms with van der Waals surface area (Å²) in [6, 6.07) is 8.37. The smallest absolute Gasteiger partial charge is 0.166 e. The van der Waals surface area contributed by atoms with Crippen molar-refractivity contribution < 1.29 is 4.79 Å². The largest absolute Gasteiger partial charge is 0.294 e. The van der Waals surface area contributed by atoms with E-state index in [2.05, 4.69) is 25.1 Å². The molecule has 2 atom stereocenters. The summed E-state index contributed by atoms with van der Waals surface area (Å²) in [5.74, 6) is 2.16. The van der Waals surface area contributed by atoms with Crippen molar-refractivity contribution in [3.63, 3.8) is 0 Å². The van der Waals surface area contributed by atoms with Crippen molar-refractivity contribution in [1.82, 2.24) is 0 Å². The van der Waals surface area contributed by atoms with E-state index in [0.29, 0.717) is 17.6 Å². The van der Waals surface area contributed by atoms with Crippen LogP contribution in [0.4, 0.5) is 0 Å². The van der Waals surface area contributed by atoms with Crippen molar-refractivity contribution >= 4 is 5.78 Å². The molecule has 0 heterocycles. The van der Waals surface area contributed by atoms with Crippen molar-refractivity contribution in [3.8, 4) is 0 Å². The van der Waals surface area contributed by atoms with E-state index in [4.69, 9.17) is 0 Å². The van der Waals surface area contributed by atoms with Crippen molar-refractivity contribution in [2.75, 3.05) is 0 Å². The van der Waals surface area contributed by atoms with E-state index in [1.165, 1.54) is 37.7 Å². The molecule has 0 amide bonds. The number of ketones is 1. The number of hydrogen-bond donors (Lipinski definition) is 0. The first kappa shape index (κ1) is 12.9. The van der Waals surface area contributed by atoms with E-state index in [9.17, 15) is 4.79 Å². The highest BCUT2D eigenvalue weighted by molar-refractivity contribution is 5.99. The van der Waals surface area contributed by atoms with Gasteiger partial charge >= 0.3 is 0 Å². The topological polar surface area (TPSA) is 17.1 Å². The third kappa shape index (κ3) is 2.48. The van der Waals surface area contributed by atoms with Crippen LogP contribution in [0.3, 0.4) is 0 Å². The summed E-state index contributed by atoms with van der Waals surface area (Å²) in [5.41, 5.74) is 2.37. The summed E-state index contributed by atoms with van der Waals surface area (Å²) in [7, 11) is 0. The van der Waals surface area contributed by atoms with Gasteiger partial charge in [-0.25, -0.2) is 0 Å². The van der Waals surface area contributed by atoms with Crippen LogP contribution in [0.2, 0.25) is 0 Å². The lowest BCUT2D eigenvalue weighted by Crippen LogP contribution is -2.18. The van der Waals surface area contributed by atoms with Gasteiger partial charge in [0.15, 0.2) is 5.78 Å². The van der Waals surface area contributed by atoms with Crippen molar-refractivity contribution in [2.24, 2.45) is 11.8 Å². The third-order valence-electron chi connectivity index (χ3n) is 5.26. The Balaban J connectivity index is 1.80. The number of carbonyl (C=O) groups is 1. The maximum absolute atomic E-state index is 12.8. The third-order valence-corrected chi connectivity index (χ3v) is 5.26. The Kier molecular flexibility index (Phi) is 3.72. The molecule has 0 radical (unpaired) electrons. The second kappa shape index (κ2) is 5.48. The van der Waals surface area contributed by atoms with Crippen molar-refractivity contribution in [3.05, 3.63) is 35.4 Å². The molecule has 2 fully saturated rings. The zero-order chi connectivity index (χ0) is 13.2. The predicted molar refractivity (Wildman–Crippen MR) is 78.5 cm³/mol.